The summed E-state index contributed by atoms with van der Waals surface area (Å²) < 4.78 is 0. The lowest BCUT2D eigenvalue weighted by atomic mass is 9.95. The van der Waals surface area contributed by atoms with E-state index >= 15 is 0 Å². The van der Waals surface area contributed by atoms with E-state index in [4.69, 9.17) is 5.73 Å². The zero-order valence-electron chi connectivity index (χ0n) is 7.88. The summed E-state index contributed by atoms with van der Waals surface area (Å²) in [6.45, 7) is 2.13. The predicted molar refractivity (Wildman–Crippen MR) is 55.5 cm³/mol. The van der Waals surface area contributed by atoms with E-state index in [0.717, 1.165) is 6.42 Å². The van der Waals surface area contributed by atoms with Gasteiger partial charge in [-0.1, -0.05) is 26.2 Å². The van der Waals surface area contributed by atoms with Gasteiger partial charge in [-0.15, -0.1) is 12.4 Å². The molecule has 0 aromatic rings. The van der Waals surface area contributed by atoms with E-state index in [-0.39, 0.29) is 18.6 Å². The molecular weight excluding hydrogens is 172 g/mol. The van der Waals surface area contributed by atoms with Crippen molar-refractivity contribution < 1.29 is 0 Å². The molecule has 0 saturated heterocycles. The zero-order chi connectivity index (χ0) is 8.10. The first-order valence-electron chi connectivity index (χ1n) is 4.84. The third kappa shape index (κ3) is 4.29. The maximum atomic E-state index is 5.79. The topological polar surface area (TPSA) is 38.0 Å². The fourth-order valence-electron chi connectivity index (χ4n) is 1.69. The largest absolute Gasteiger partial charge is 0.316 e. The summed E-state index contributed by atoms with van der Waals surface area (Å²) in [5.41, 5.74) is 5.79. The minimum Gasteiger partial charge on any atom is -0.316 e. The van der Waals surface area contributed by atoms with Crippen LogP contribution in [0.1, 0.15) is 45.4 Å². The predicted octanol–water partition coefficient (Wildman–Crippen LogP) is 2.03. The van der Waals surface area contributed by atoms with E-state index in [1.54, 1.807) is 0 Å². The van der Waals surface area contributed by atoms with Crippen molar-refractivity contribution in [3.63, 3.8) is 0 Å². The minimum atomic E-state index is 0. The Balaban J connectivity index is 0.00000121. The summed E-state index contributed by atoms with van der Waals surface area (Å²) in [7, 11) is 0. The van der Waals surface area contributed by atoms with Gasteiger partial charge >= 0.3 is 0 Å². The Morgan fingerprint density at radius 1 is 1.33 bits per heavy atom. The van der Waals surface area contributed by atoms with Gasteiger partial charge in [-0.25, -0.2) is 0 Å². The molecule has 3 N–H and O–H groups in total. The van der Waals surface area contributed by atoms with E-state index in [1.807, 2.05) is 0 Å². The van der Waals surface area contributed by atoms with Gasteiger partial charge in [0.25, 0.3) is 0 Å². The Kier molecular flexibility index (Phi) is 6.81. The van der Waals surface area contributed by atoms with Gasteiger partial charge in [0.15, 0.2) is 0 Å². The van der Waals surface area contributed by atoms with Gasteiger partial charge < -0.3 is 5.73 Å². The van der Waals surface area contributed by atoms with E-state index < -0.39 is 0 Å². The average Bonchev–Trinajstić information content (AvgIpc) is 2.06. The standard InChI is InChI=1S/C9H20N2.ClH/c1-2-9(10)11-8-6-4-3-5-7-8;/h8-9,11H,2-7,10H2,1H3;1H. The fraction of sp³-hybridized carbons (Fsp3) is 1.00. The molecule has 0 heterocycles. The van der Waals surface area contributed by atoms with Gasteiger partial charge in [-0.05, 0) is 19.3 Å². The molecule has 0 radical (unpaired) electrons. The second-order valence-corrected chi connectivity index (χ2v) is 3.52. The number of nitrogens with one attached hydrogen (secondary N) is 1. The van der Waals surface area contributed by atoms with E-state index in [2.05, 4.69) is 12.2 Å². The van der Waals surface area contributed by atoms with E-state index in [9.17, 15) is 0 Å². The summed E-state index contributed by atoms with van der Waals surface area (Å²) in [6, 6.07) is 0.707. The van der Waals surface area contributed by atoms with Crippen molar-refractivity contribution in [2.24, 2.45) is 5.73 Å². The van der Waals surface area contributed by atoms with Crippen molar-refractivity contribution in [1.82, 2.24) is 5.32 Å². The highest BCUT2D eigenvalue weighted by Gasteiger charge is 2.14. The first-order valence-corrected chi connectivity index (χ1v) is 4.84. The first-order chi connectivity index (χ1) is 5.33. The van der Waals surface area contributed by atoms with Crippen LogP contribution in [0.3, 0.4) is 0 Å². The molecule has 74 valence electrons. The van der Waals surface area contributed by atoms with Crippen LogP contribution >= 0.6 is 12.4 Å². The Morgan fingerprint density at radius 2 is 1.92 bits per heavy atom. The Morgan fingerprint density at radius 3 is 2.42 bits per heavy atom. The van der Waals surface area contributed by atoms with Crippen LogP contribution < -0.4 is 11.1 Å². The molecular formula is C9H21ClN2. The van der Waals surface area contributed by atoms with Crippen molar-refractivity contribution in [1.29, 1.82) is 0 Å². The van der Waals surface area contributed by atoms with Crippen molar-refractivity contribution in [2.45, 2.75) is 57.7 Å². The zero-order valence-corrected chi connectivity index (χ0v) is 8.70. The van der Waals surface area contributed by atoms with Crippen molar-refractivity contribution >= 4 is 12.4 Å². The highest BCUT2D eigenvalue weighted by Crippen LogP contribution is 2.17. The van der Waals surface area contributed by atoms with Crippen LogP contribution in [-0.2, 0) is 0 Å². The molecule has 0 amide bonds. The molecule has 0 aromatic carbocycles. The van der Waals surface area contributed by atoms with Gasteiger partial charge in [0.1, 0.15) is 0 Å². The Hall–Kier alpha value is 0.210. The molecule has 0 spiro atoms. The summed E-state index contributed by atoms with van der Waals surface area (Å²) >= 11 is 0. The monoisotopic (exact) mass is 192 g/mol. The number of hydrogen-bond donors (Lipinski definition) is 2. The molecule has 0 bridgehead atoms. The van der Waals surface area contributed by atoms with E-state index in [0.29, 0.717) is 6.04 Å². The summed E-state index contributed by atoms with van der Waals surface area (Å²) in [4.78, 5) is 0. The van der Waals surface area contributed by atoms with Crippen molar-refractivity contribution in [2.75, 3.05) is 0 Å². The molecule has 1 aliphatic rings. The lowest BCUT2D eigenvalue weighted by molar-refractivity contribution is 0.334. The van der Waals surface area contributed by atoms with Gasteiger partial charge in [-0.2, -0.15) is 0 Å². The van der Waals surface area contributed by atoms with Crippen molar-refractivity contribution in [3.8, 4) is 0 Å². The molecule has 1 rings (SSSR count). The quantitative estimate of drug-likeness (QED) is 0.672. The highest BCUT2D eigenvalue weighted by molar-refractivity contribution is 5.85. The second kappa shape index (κ2) is 6.70. The summed E-state index contributed by atoms with van der Waals surface area (Å²) in [5.74, 6) is 0. The lowest BCUT2D eigenvalue weighted by Crippen LogP contribution is -2.44. The molecule has 1 aliphatic carbocycles. The van der Waals surface area contributed by atoms with Crippen LogP contribution in [0.25, 0.3) is 0 Å². The van der Waals surface area contributed by atoms with Gasteiger partial charge in [0.05, 0.1) is 6.17 Å². The lowest BCUT2D eigenvalue weighted by Gasteiger charge is -2.25. The van der Waals surface area contributed by atoms with Crippen molar-refractivity contribution in [3.05, 3.63) is 0 Å². The molecule has 3 heteroatoms. The minimum absolute atomic E-state index is 0. The molecule has 1 saturated carbocycles. The van der Waals surface area contributed by atoms with Gasteiger partial charge in [0, 0.05) is 6.04 Å². The van der Waals surface area contributed by atoms with Crippen LogP contribution in [0.2, 0.25) is 0 Å². The molecule has 1 atom stereocenters. The maximum Gasteiger partial charge on any atom is 0.0545 e. The molecule has 0 aliphatic heterocycles. The number of nitrogens with two attached hydrogens (primary N) is 1. The summed E-state index contributed by atoms with van der Waals surface area (Å²) in [5, 5.41) is 3.45. The molecule has 0 aromatic heterocycles. The summed E-state index contributed by atoms with van der Waals surface area (Å²) in [6.07, 6.45) is 8.10. The SMILES string of the molecule is CCC(N)NC1CCCCC1.Cl. The van der Waals surface area contributed by atoms with Gasteiger partial charge in [0.2, 0.25) is 0 Å². The number of hydrogen-bond acceptors (Lipinski definition) is 2. The molecule has 2 nitrogen and oxygen atoms in total. The Bertz CT molecular complexity index is 103. The smallest absolute Gasteiger partial charge is 0.0545 e. The molecule has 12 heavy (non-hydrogen) atoms. The van der Waals surface area contributed by atoms with Crippen LogP contribution in [0.5, 0.6) is 0 Å². The third-order valence-electron chi connectivity index (χ3n) is 2.49. The van der Waals surface area contributed by atoms with Crippen LogP contribution in [0.15, 0.2) is 0 Å². The molecule has 1 unspecified atom stereocenters. The second-order valence-electron chi connectivity index (χ2n) is 3.52. The van der Waals surface area contributed by atoms with Gasteiger partial charge in [-0.3, -0.25) is 5.32 Å². The first kappa shape index (κ1) is 12.2. The Labute approximate surface area is 81.7 Å². The van der Waals surface area contributed by atoms with E-state index in [1.165, 1.54) is 32.1 Å². The number of halogens is 1. The van der Waals surface area contributed by atoms with Crippen LogP contribution in [0.4, 0.5) is 0 Å². The normalized spacial score (nSPS) is 21.5. The maximum absolute atomic E-state index is 5.79. The average molecular weight is 193 g/mol. The van der Waals surface area contributed by atoms with Crippen LogP contribution in [0, 0.1) is 0 Å². The molecule has 1 fully saturated rings. The van der Waals surface area contributed by atoms with Crippen LogP contribution in [-0.4, -0.2) is 12.2 Å². The highest BCUT2D eigenvalue weighted by atomic mass is 35.5. The fourth-order valence-corrected chi connectivity index (χ4v) is 1.69. The third-order valence-corrected chi connectivity index (χ3v) is 2.49. The number of rotatable bonds is 3.